The number of alkyl halides is 1. The molecule has 1 saturated heterocycles. The van der Waals surface area contributed by atoms with Gasteiger partial charge in [0.25, 0.3) is 5.69 Å². The molecule has 1 heterocycles. The Kier molecular flexibility index (Phi) is 7.65. The van der Waals surface area contributed by atoms with Crippen LogP contribution < -0.4 is 5.32 Å². The van der Waals surface area contributed by atoms with Crippen molar-refractivity contribution in [2.24, 2.45) is 5.41 Å². The van der Waals surface area contributed by atoms with Crippen LogP contribution in [-0.4, -0.2) is 51.4 Å². The first-order chi connectivity index (χ1) is 15.0. The molecule has 2 aliphatic rings. The number of aliphatic hydroxyl groups is 1. The molecular weight excluding hydrogens is 453 g/mol. The Balaban J connectivity index is 1.55. The first-order valence-corrected chi connectivity index (χ1v) is 11.5. The van der Waals surface area contributed by atoms with E-state index in [4.69, 9.17) is 23.2 Å². The maximum absolute atomic E-state index is 12.4. The Bertz CT molecular complexity index is 947. The molecule has 1 aromatic rings. The van der Waals surface area contributed by atoms with Crippen molar-refractivity contribution in [1.29, 1.82) is 0 Å². The molecule has 0 bridgehead atoms. The van der Waals surface area contributed by atoms with Gasteiger partial charge in [-0.15, -0.1) is 11.6 Å². The summed E-state index contributed by atoms with van der Waals surface area (Å²) in [4.78, 5) is 25.2. The Morgan fingerprint density at radius 3 is 2.78 bits per heavy atom. The molecule has 1 aromatic carbocycles. The predicted molar refractivity (Wildman–Crippen MR) is 127 cm³/mol. The van der Waals surface area contributed by atoms with Crippen molar-refractivity contribution in [3.8, 4) is 0 Å². The lowest BCUT2D eigenvalue weighted by Crippen LogP contribution is -2.57. The van der Waals surface area contributed by atoms with Gasteiger partial charge >= 0.3 is 0 Å². The quantitative estimate of drug-likeness (QED) is 0.327. The van der Waals surface area contributed by atoms with E-state index < -0.39 is 10.5 Å². The number of amides is 1. The Labute approximate surface area is 198 Å². The minimum atomic E-state index is -0.842. The van der Waals surface area contributed by atoms with Crippen LogP contribution in [-0.2, 0) is 4.79 Å². The van der Waals surface area contributed by atoms with E-state index in [0.29, 0.717) is 32.5 Å². The number of nitrogens with one attached hydrogen (secondary N) is 1. The minimum Gasteiger partial charge on any atom is -0.389 e. The van der Waals surface area contributed by atoms with Crippen LogP contribution in [0.25, 0.3) is 0 Å². The third-order valence-electron chi connectivity index (χ3n) is 6.43. The SMILES string of the molecule is CC1(C)CN(CCC(=O)Nc2ccc(Cl)cc2[N+](=O)[O-])CCC1(O)CC1=CCC(Cl)C=C1. The predicted octanol–water partition coefficient (Wildman–Crippen LogP) is 4.92. The molecule has 2 atom stereocenters. The fourth-order valence-corrected chi connectivity index (χ4v) is 4.65. The summed E-state index contributed by atoms with van der Waals surface area (Å²) in [6, 6.07) is 4.15. The van der Waals surface area contributed by atoms with E-state index in [2.05, 4.69) is 16.3 Å². The highest BCUT2D eigenvalue weighted by molar-refractivity contribution is 6.31. The molecule has 0 spiro atoms. The molecule has 1 aliphatic heterocycles. The van der Waals surface area contributed by atoms with Gasteiger partial charge < -0.3 is 15.3 Å². The van der Waals surface area contributed by atoms with E-state index in [-0.39, 0.29) is 39.5 Å². The van der Waals surface area contributed by atoms with Crippen LogP contribution in [0, 0.1) is 15.5 Å². The number of hydrogen-bond donors (Lipinski definition) is 2. The molecule has 0 aromatic heterocycles. The summed E-state index contributed by atoms with van der Waals surface area (Å²) in [5, 5.41) is 25.5. The van der Waals surface area contributed by atoms with Gasteiger partial charge in [-0.2, -0.15) is 0 Å². The standard InChI is InChI=1S/C23H29Cl2N3O4/c1-22(2)15-27(12-10-23(22,30)14-16-3-5-17(24)6-4-16)11-9-21(29)26-19-8-7-18(25)13-20(19)28(31)32/h3-5,7-8,13,17,30H,6,9-12,14-15H2,1-2H3,(H,26,29). The van der Waals surface area contributed by atoms with Gasteiger partial charge in [0.2, 0.25) is 5.91 Å². The number of carbonyl (C=O) groups is 1. The van der Waals surface area contributed by atoms with Crippen LogP contribution in [0.1, 0.15) is 39.5 Å². The van der Waals surface area contributed by atoms with Crippen LogP contribution in [0.15, 0.2) is 42.0 Å². The normalized spacial score (nSPS) is 25.3. The number of hydrogen-bond acceptors (Lipinski definition) is 5. The molecule has 0 radical (unpaired) electrons. The summed E-state index contributed by atoms with van der Waals surface area (Å²) >= 11 is 11.9. The van der Waals surface area contributed by atoms with Crippen molar-refractivity contribution < 1.29 is 14.8 Å². The van der Waals surface area contributed by atoms with E-state index in [1.54, 1.807) is 0 Å². The van der Waals surface area contributed by atoms with E-state index in [9.17, 15) is 20.0 Å². The zero-order valence-corrected chi connectivity index (χ0v) is 19.8. The number of carbonyl (C=O) groups excluding carboxylic acids is 1. The van der Waals surface area contributed by atoms with Crippen molar-refractivity contribution in [2.75, 3.05) is 25.0 Å². The molecule has 1 aliphatic carbocycles. The number of rotatable bonds is 7. The maximum Gasteiger partial charge on any atom is 0.294 e. The van der Waals surface area contributed by atoms with E-state index in [1.807, 2.05) is 26.0 Å². The molecule has 1 fully saturated rings. The Hall–Kier alpha value is -1.93. The van der Waals surface area contributed by atoms with E-state index in [0.717, 1.165) is 12.0 Å². The second kappa shape index (κ2) is 9.91. The van der Waals surface area contributed by atoms with Gasteiger partial charge in [-0.1, -0.05) is 43.7 Å². The highest BCUT2D eigenvalue weighted by Gasteiger charge is 2.47. The van der Waals surface area contributed by atoms with Crippen LogP contribution in [0.5, 0.6) is 0 Å². The summed E-state index contributed by atoms with van der Waals surface area (Å²) < 4.78 is 0. The van der Waals surface area contributed by atoms with Gasteiger partial charge in [0.05, 0.1) is 15.9 Å². The average molecular weight is 482 g/mol. The summed E-state index contributed by atoms with van der Waals surface area (Å²) in [6.45, 7) is 5.92. The van der Waals surface area contributed by atoms with Crippen molar-refractivity contribution >= 4 is 40.5 Å². The highest BCUT2D eigenvalue weighted by atomic mass is 35.5. The number of likely N-dealkylation sites (tertiary alicyclic amines) is 1. The average Bonchev–Trinajstić information content (AvgIpc) is 2.72. The second-order valence-corrected chi connectivity index (χ2v) is 10.2. The number of nitrogens with zero attached hydrogens (tertiary/aromatic N) is 2. The second-order valence-electron chi connectivity index (χ2n) is 9.23. The lowest BCUT2D eigenvalue weighted by molar-refractivity contribution is -0.383. The van der Waals surface area contributed by atoms with Crippen LogP contribution in [0.4, 0.5) is 11.4 Å². The molecule has 1 amide bonds. The van der Waals surface area contributed by atoms with Gasteiger partial charge in [-0.25, -0.2) is 0 Å². The van der Waals surface area contributed by atoms with Gasteiger partial charge in [-0.05, 0) is 30.5 Å². The lowest BCUT2D eigenvalue weighted by Gasteiger charge is -2.51. The molecular formula is C23H29Cl2N3O4. The monoisotopic (exact) mass is 481 g/mol. The number of anilines is 1. The van der Waals surface area contributed by atoms with Gasteiger partial charge in [0.1, 0.15) is 5.69 Å². The highest BCUT2D eigenvalue weighted by Crippen LogP contribution is 2.43. The number of nitro benzene ring substituents is 1. The number of nitro groups is 1. The number of halogens is 2. The minimum absolute atomic E-state index is 0.0173. The molecule has 0 saturated carbocycles. The van der Waals surface area contributed by atoms with Crippen molar-refractivity contribution in [3.05, 3.63) is 57.1 Å². The fraction of sp³-hybridized carbons (Fsp3) is 0.522. The number of benzene rings is 1. The smallest absolute Gasteiger partial charge is 0.294 e. The van der Waals surface area contributed by atoms with Crippen LogP contribution >= 0.6 is 23.2 Å². The van der Waals surface area contributed by atoms with Gasteiger partial charge in [-0.3, -0.25) is 14.9 Å². The molecule has 2 N–H and O–H groups in total. The zero-order chi connectivity index (χ0) is 23.5. The van der Waals surface area contributed by atoms with Crippen molar-refractivity contribution in [3.63, 3.8) is 0 Å². The molecule has 7 nitrogen and oxygen atoms in total. The molecule has 3 rings (SSSR count). The fourth-order valence-electron chi connectivity index (χ4n) is 4.33. The Morgan fingerprint density at radius 2 is 2.16 bits per heavy atom. The molecule has 2 unspecified atom stereocenters. The Morgan fingerprint density at radius 1 is 1.41 bits per heavy atom. The molecule has 32 heavy (non-hydrogen) atoms. The van der Waals surface area contributed by atoms with Crippen molar-refractivity contribution in [1.82, 2.24) is 4.90 Å². The lowest BCUT2D eigenvalue weighted by atomic mass is 9.67. The zero-order valence-electron chi connectivity index (χ0n) is 18.3. The van der Waals surface area contributed by atoms with Crippen LogP contribution in [0.3, 0.4) is 0 Å². The van der Waals surface area contributed by atoms with E-state index in [1.165, 1.54) is 18.2 Å². The summed E-state index contributed by atoms with van der Waals surface area (Å²) in [5.41, 5.74) is -0.212. The molecule has 9 heteroatoms. The van der Waals surface area contributed by atoms with Gasteiger partial charge in [0, 0.05) is 49.0 Å². The van der Waals surface area contributed by atoms with Crippen molar-refractivity contribution in [2.45, 2.75) is 50.5 Å². The maximum atomic E-state index is 12.4. The summed E-state index contributed by atoms with van der Waals surface area (Å²) in [5.74, 6) is -0.304. The van der Waals surface area contributed by atoms with Gasteiger partial charge in [0.15, 0.2) is 0 Å². The first-order valence-electron chi connectivity index (χ1n) is 10.7. The summed E-state index contributed by atoms with van der Waals surface area (Å²) in [6.07, 6.45) is 8.21. The third kappa shape index (κ3) is 5.90. The molecule has 174 valence electrons. The summed E-state index contributed by atoms with van der Waals surface area (Å²) in [7, 11) is 0. The largest absolute Gasteiger partial charge is 0.389 e. The van der Waals surface area contributed by atoms with Crippen LogP contribution in [0.2, 0.25) is 5.02 Å². The number of allylic oxidation sites excluding steroid dienone is 3. The number of piperidine rings is 1. The topological polar surface area (TPSA) is 95.7 Å². The third-order valence-corrected chi connectivity index (χ3v) is 6.99. The first kappa shape index (κ1) is 24.7. The van der Waals surface area contributed by atoms with E-state index >= 15 is 0 Å².